The molecule has 0 bridgehead atoms. The van der Waals surface area contributed by atoms with Crippen LogP contribution in [0.2, 0.25) is 5.02 Å². The van der Waals surface area contributed by atoms with Crippen molar-refractivity contribution in [1.82, 2.24) is 0 Å². The Morgan fingerprint density at radius 3 is 2.06 bits per heavy atom. The molecule has 0 amide bonds. The SMILES string of the molecule is Cc1ccc(CCc2cc(C)cc(Cl)c2)cc1. The summed E-state index contributed by atoms with van der Waals surface area (Å²) >= 11 is 6.05. The van der Waals surface area contributed by atoms with Gasteiger partial charge in [0.05, 0.1) is 0 Å². The summed E-state index contributed by atoms with van der Waals surface area (Å²) < 4.78 is 0. The zero-order chi connectivity index (χ0) is 12.3. The van der Waals surface area contributed by atoms with Crippen molar-refractivity contribution in [2.24, 2.45) is 0 Å². The van der Waals surface area contributed by atoms with Crippen LogP contribution in [0.15, 0.2) is 42.5 Å². The highest BCUT2D eigenvalue weighted by molar-refractivity contribution is 6.30. The Hall–Kier alpha value is -1.27. The van der Waals surface area contributed by atoms with E-state index in [1.807, 2.05) is 6.07 Å². The van der Waals surface area contributed by atoms with E-state index in [-0.39, 0.29) is 0 Å². The van der Waals surface area contributed by atoms with Gasteiger partial charge in [0.1, 0.15) is 0 Å². The molecule has 2 aromatic carbocycles. The standard InChI is InChI=1S/C16H17Cl/c1-12-3-5-14(6-4-12)7-8-15-9-13(2)10-16(17)11-15/h3-6,9-11H,7-8H2,1-2H3. The number of rotatable bonds is 3. The number of benzene rings is 2. The van der Waals surface area contributed by atoms with Crippen LogP contribution in [0.5, 0.6) is 0 Å². The van der Waals surface area contributed by atoms with Crippen molar-refractivity contribution >= 4 is 11.6 Å². The van der Waals surface area contributed by atoms with Crippen molar-refractivity contribution in [3.63, 3.8) is 0 Å². The average Bonchev–Trinajstić information content (AvgIpc) is 2.27. The topological polar surface area (TPSA) is 0 Å². The van der Waals surface area contributed by atoms with Crippen LogP contribution in [0.1, 0.15) is 22.3 Å². The molecule has 0 heterocycles. The van der Waals surface area contributed by atoms with E-state index in [4.69, 9.17) is 11.6 Å². The molecule has 88 valence electrons. The minimum Gasteiger partial charge on any atom is -0.0843 e. The number of halogens is 1. The Morgan fingerprint density at radius 1 is 0.765 bits per heavy atom. The normalized spacial score (nSPS) is 10.5. The van der Waals surface area contributed by atoms with E-state index in [0.717, 1.165) is 17.9 Å². The fourth-order valence-corrected chi connectivity index (χ4v) is 2.31. The first-order chi connectivity index (χ1) is 8.13. The molecule has 0 nitrogen and oxygen atoms in total. The van der Waals surface area contributed by atoms with E-state index in [9.17, 15) is 0 Å². The highest BCUT2D eigenvalue weighted by atomic mass is 35.5. The van der Waals surface area contributed by atoms with E-state index in [2.05, 4.69) is 50.2 Å². The molecule has 0 aliphatic rings. The molecule has 0 unspecified atom stereocenters. The molecule has 0 N–H and O–H groups in total. The second-order valence-corrected chi connectivity index (χ2v) is 5.06. The first kappa shape index (κ1) is 12.2. The Morgan fingerprint density at radius 2 is 1.41 bits per heavy atom. The predicted octanol–water partition coefficient (Wildman–Crippen LogP) is 4.74. The van der Waals surface area contributed by atoms with Gasteiger partial charge in [0.2, 0.25) is 0 Å². The lowest BCUT2D eigenvalue weighted by atomic mass is 10.0. The minimum absolute atomic E-state index is 0.837. The molecule has 0 saturated heterocycles. The highest BCUT2D eigenvalue weighted by Gasteiger charge is 1.99. The lowest BCUT2D eigenvalue weighted by Crippen LogP contribution is -1.92. The third-order valence-electron chi connectivity index (χ3n) is 2.92. The molecular formula is C16H17Cl. The second-order valence-electron chi connectivity index (χ2n) is 4.62. The molecule has 0 fully saturated rings. The summed E-state index contributed by atoms with van der Waals surface area (Å²) in [6.45, 7) is 4.20. The van der Waals surface area contributed by atoms with Gasteiger partial charge in [0, 0.05) is 5.02 Å². The van der Waals surface area contributed by atoms with Crippen molar-refractivity contribution in [2.75, 3.05) is 0 Å². The maximum atomic E-state index is 6.05. The summed E-state index contributed by atoms with van der Waals surface area (Å²) in [6.07, 6.45) is 2.12. The molecule has 17 heavy (non-hydrogen) atoms. The number of hydrogen-bond acceptors (Lipinski definition) is 0. The lowest BCUT2D eigenvalue weighted by molar-refractivity contribution is 0.957. The average molecular weight is 245 g/mol. The van der Waals surface area contributed by atoms with Gasteiger partial charge in [0.15, 0.2) is 0 Å². The molecular weight excluding hydrogens is 228 g/mol. The van der Waals surface area contributed by atoms with Gasteiger partial charge in [-0.05, 0) is 55.5 Å². The van der Waals surface area contributed by atoms with Gasteiger partial charge in [-0.3, -0.25) is 0 Å². The maximum absolute atomic E-state index is 6.05. The van der Waals surface area contributed by atoms with Gasteiger partial charge in [-0.2, -0.15) is 0 Å². The molecule has 1 heteroatoms. The molecule has 0 atom stereocenters. The van der Waals surface area contributed by atoms with Crippen LogP contribution < -0.4 is 0 Å². The van der Waals surface area contributed by atoms with Crippen LogP contribution in [-0.2, 0) is 12.8 Å². The third-order valence-corrected chi connectivity index (χ3v) is 3.14. The van der Waals surface area contributed by atoms with Crippen molar-refractivity contribution < 1.29 is 0 Å². The Balaban J connectivity index is 2.04. The summed E-state index contributed by atoms with van der Waals surface area (Å²) in [6, 6.07) is 15.0. The zero-order valence-corrected chi connectivity index (χ0v) is 11.1. The molecule has 0 aliphatic carbocycles. The summed E-state index contributed by atoms with van der Waals surface area (Å²) in [7, 11) is 0. The molecule has 0 radical (unpaired) electrons. The lowest BCUT2D eigenvalue weighted by Gasteiger charge is -2.05. The van der Waals surface area contributed by atoms with E-state index in [0.29, 0.717) is 0 Å². The third kappa shape index (κ3) is 3.61. The first-order valence-corrected chi connectivity index (χ1v) is 6.33. The summed E-state index contributed by atoms with van der Waals surface area (Å²) in [5, 5.41) is 0.837. The molecule has 0 aliphatic heterocycles. The Labute approximate surface area is 108 Å². The van der Waals surface area contributed by atoms with E-state index in [1.54, 1.807) is 0 Å². The van der Waals surface area contributed by atoms with Crippen molar-refractivity contribution in [2.45, 2.75) is 26.7 Å². The van der Waals surface area contributed by atoms with Crippen molar-refractivity contribution in [3.05, 3.63) is 69.7 Å². The van der Waals surface area contributed by atoms with Crippen LogP contribution in [0.4, 0.5) is 0 Å². The maximum Gasteiger partial charge on any atom is 0.0411 e. The predicted molar refractivity (Wildman–Crippen MR) is 74.8 cm³/mol. The smallest absolute Gasteiger partial charge is 0.0411 e. The fraction of sp³-hybridized carbons (Fsp3) is 0.250. The largest absolute Gasteiger partial charge is 0.0843 e. The molecule has 2 rings (SSSR count). The molecule has 0 saturated carbocycles. The molecule has 0 spiro atoms. The highest BCUT2D eigenvalue weighted by Crippen LogP contribution is 2.16. The molecule has 2 aromatic rings. The van der Waals surface area contributed by atoms with Gasteiger partial charge in [-0.1, -0.05) is 47.5 Å². The van der Waals surface area contributed by atoms with E-state index >= 15 is 0 Å². The Bertz CT molecular complexity index is 477. The summed E-state index contributed by atoms with van der Waals surface area (Å²) in [5.74, 6) is 0. The van der Waals surface area contributed by atoms with Crippen molar-refractivity contribution in [3.8, 4) is 0 Å². The number of aryl methyl sites for hydroxylation is 4. The van der Waals surface area contributed by atoms with Crippen LogP contribution in [0.25, 0.3) is 0 Å². The van der Waals surface area contributed by atoms with Gasteiger partial charge < -0.3 is 0 Å². The minimum atomic E-state index is 0.837. The van der Waals surface area contributed by atoms with E-state index in [1.165, 1.54) is 22.3 Å². The van der Waals surface area contributed by atoms with Crippen LogP contribution >= 0.6 is 11.6 Å². The zero-order valence-electron chi connectivity index (χ0n) is 10.3. The quantitative estimate of drug-likeness (QED) is 0.732. The van der Waals surface area contributed by atoms with E-state index < -0.39 is 0 Å². The summed E-state index contributed by atoms with van der Waals surface area (Å²) in [5.41, 5.74) is 5.24. The Kier molecular flexibility index (Phi) is 3.86. The monoisotopic (exact) mass is 244 g/mol. The van der Waals surface area contributed by atoms with Gasteiger partial charge >= 0.3 is 0 Å². The van der Waals surface area contributed by atoms with Crippen molar-refractivity contribution in [1.29, 1.82) is 0 Å². The first-order valence-electron chi connectivity index (χ1n) is 5.95. The van der Waals surface area contributed by atoms with Gasteiger partial charge in [0.25, 0.3) is 0 Å². The molecule has 0 aromatic heterocycles. The van der Waals surface area contributed by atoms with Crippen LogP contribution in [0.3, 0.4) is 0 Å². The van der Waals surface area contributed by atoms with Gasteiger partial charge in [-0.15, -0.1) is 0 Å². The van der Waals surface area contributed by atoms with Crippen LogP contribution in [0, 0.1) is 13.8 Å². The summed E-state index contributed by atoms with van der Waals surface area (Å²) in [4.78, 5) is 0. The second kappa shape index (κ2) is 5.37. The number of hydrogen-bond donors (Lipinski definition) is 0. The van der Waals surface area contributed by atoms with Crippen LogP contribution in [-0.4, -0.2) is 0 Å². The van der Waals surface area contributed by atoms with Gasteiger partial charge in [-0.25, -0.2) is 0 Å². The fourth-order valence-electron chi connectivity index (χ4n) is 2.00.